The van der Waals surface area contributed by atoms with Crippen LogP contribution in [0.4, 0.5) is 4.39 Å². The van der Waals surface area contributed by atoms with E-state index >= 15 is 4.39 Å². The lowest BCUT2D eigenvalue weighted by Crippen LogP contribution is -2.39. The first-order valence-corrected chi connectivity index (χ1v) is 12.6. The molecule has 4 aromatic rings. The van der Waals surface area contributed by atoms with Crippen molar-refractivity contribution in [3.63, 3.8) is 0 Å². The van der Waals surface area contributed by atoms with Gasteiger partial charge in [0.15, 0.2) is 0 Å². The summed E-state index contributed by atoms with van der Waals surface area (Å²) in [5, 5.41) is 5.78. The summed E-state index contributed by atoms with van der Waals surface area (Å²) in [4.78, 5) is 10.1. The summed E-state index contributed by atoms with van der Waals surface area (Å²) in [6.07, 6.45) is 6.24. The number of hydrogen-bond donors (Lipinski definition) is 1. The molecule has 1 aromatic carbocycles. The molecule has 1 atom stereocenters. The van der Waals surface area contributed by atoms with Gasteiger partial charge in [0, 0.05) is 42.2 Å². The highest BCUT2D eigenvalue weighted by Crippen LogP contribution is 2.48. The number of aryl methyl sites for hydroxylation is 1. The summed E-state index contributed by atoms with van der Waals surface area (Å²) in [6.45, 7) is 4.08. The molecule has 3 aromatic heterocycles. The average molecular weight is 501 g/mol. The van der Waals surface area contributed by atoms with E-state index in [9.17, 15) is 0 Å². The molecule has 0 saturated carbocycles. The van der Waals surface area contributed by atoms with E-state index < -0.39 is 5.54 Å². The lowest BCUT2D eigenvalue weighted by molar-refractivity contribution is 0.551. The first-order valence-electron chi connectivity index (χ1n) is 10.4. The molecule has 5 rings (SSSR count). The molecular formula is C23H22ClFN6S2. The number of guanidine groups is 1. The topological polar surface area (TPSA) is 72.3 Å². The predicted octanol–water partition coefficient (Wildman–Crippen LogP) is 5.63. The largest absolute Gasteiger partial charge is 0.369 e. The van der Waals surface area contributed by atoms with Gasteiger partial charge in [-0.05, 0) is 49.1 Å². The molecule has 0 bridgehead atoms. The molecule has 1 aliphatic rings. The molecule has 2 N–H and O–H groups in total. The fourth-order valence-corrected chi connectivity index (χ4v) is 6.55. The number of hydrogen-bond acceptors (Lipinski definition) is 7. The average Bonchev–Trinajstić information content (AvgIpc) is 3.42. The second kappa shape index (κ2) is 8.30. The van der Waals surface area contributed by atoms with Gasteiger partial charge in [-0.15, -0.1) is 11.3 Å². The summed E-state index contributed by atoms with van der Waals surface area (Å²) < 4.78 is 19.7. The molecule has 33 heavy (non-hydrogen) atoms. The molecule has 6 nitrogen and oxygen atoms in total. The predicted molar refractivity (Wildman–Crippen MR) is 136 cm³/mol. The maximum absolute atomic E-state index is 15.3. The Hall–Kier alpha value is -2.62. The minimum absolute atomic E-state index is 0.365. The summed E-state index contributed by atoms with van der Waals surface area (Å²) in [5.74, 6) is 0.786. The summed E-state index contributed by atoms with van der Waals surface area (Å²) in [5.41, 5.74) is 8.26. The van der Waals surface area contributed by atoms with Crippen LogP contribution in [0.3, 0.4) is 0 Å². The van der Waals surface area contributed by atoms with Gasteiger partial charge in [0.05, 0.1) is 32.2 Å². The van der Waals surface area contributed by atoms with Crippen LogP contribution in [0.25, 0.3) is 27.0 Å². The molecule has 0 amide bonds. The molecule has 1 aliphatic heterocycles. The van der Waals surface area contributed by atoms with Crippen molar-refractivity contribution in [3.8, 4) is 16.9 Å². The van der Waals surface area contributed by atoms with Crippen LogP contribution >= 0.6 is 34.9 Å². The number of rotatable bonds is 4. The minimum atomic E-state index is -0.571. The van der Waals surface area contributed by atoms with Crippen molar-refractivity contribution < 1.29 is 4.39 Å². The summed E-state index contributed by atoms with van der Waals surface area (Å²) in [7, 11) is 1.89. The lowest BCUT2D eigenvalue weighted by atomic mass is 10.0. The first kappa shape index (κ1) is 22.2. The van der Waals surface area contributed by atoms with E-state index in [1.807, 2.05) is 36.6 Å². The third-order valence-corrected chi connectivity index (χ3v) is 9.01. The number of fused-ring (bicyclic) bond motifs is 1. The zero-order valence-electron chi connectivity index (χ0n) is 18.3. The molecule has 0 spiro atoms. The van der Waals surface area contributed by atoms with E-state index in [-0.39, 0.29) is 5.82 Å². The van der Waals surface area contributed by atoms with Gasteiger partial charge in [0.25, 0.3) is 0 Å². The van der Waals surface area contributed by atoms with Gasteiger partial charge in [-0.2, -0.15) is 5.10 Å². The van der Waals surface area contributed by atoms with E-state index in [2.05, 4.69) is 17.0 Å². The van der Waals surface area contributed by atoms with Crippen molar-refractivity contribution in [2.24, 2.45) is 10.7 Å². The summed E-state index contributed by atoms with van der Waals surface area (Å²) in [6, 6.07) is 6.94. The normalized spacial score (nSPS) is 18.7. The van der Waals surface area contributed by atoms with Gasteiger partial charge < -0.3 is 5.73 Å². The Balaban J connectivity index is 1.61. The van der Waals surface area contributed by atoms with E-state index in [1.54, 1.807) is 35.1 Å². The maximum Gasteiger partial charge on any atom is 0.202 e. The smallest absolute Gasteiger partial charge is 0.202 e. The number of thiophene rings is 1. The Morgan fingerprint density at radius 3 is 2.82 bits per heavy atom. The minimum Gasteiger partial charge on any atom is -0.369 e. The van der Waals surface area contributed by atoms with Gasteiger partial charge in [0.1, 0.15) is 11.4 Å². The number of aromatic nitrogens is 3. The van der Waals surface area contributed by atoms with E-state index in [1.165, 1.54) is 17.4 Å². The second-order valence-corrected chi connectivity index (χ2v) is 10.6. The molecule has 0 unspecified atom stereocenters. The number of halogens is 2. The Morgan fingerprint density at radius 2 is 2.12 bits per heavy atom. The molecular weight excluding hydrogens is 479 g/mol. The quantitative estimate of drug-likeness (QED) is 0.368. The first-order chi connectivity index (χ1) is 15.8. The maximum atomic E-state index is 15.3. The monoisotopic (exact) mass is 500 g/mol. The van der Waals surface area contributed by atoms with Crippen LogP contribution in [-0.2, 0) is 12.0 Å². The summed E-state index contributed by atoms with van der Waals surface area (Å²) >= 11 is 9.92. The number of aliphatic imine (C=N–C) groups is 1. The van der Waals surface area contributed by atoms with Gasteiger partial charge in [-0.3, -0.25) is 9.29 Å². The molecule has 10 heteroatoms. The fraction of sp³-hybridized carbons (Fsp3) is 0.261. The highest BCUT2D eigenvalue weighted by atomic mass is 35.5. The molecule has 0 saturated heterocycles. The number of pyridine rings is 1. The van der Waals surface area contributed by atoms with Crippen LogP contribution in [0.1, 0.15) is 24.3 Å². The lowest BCUT2D eigenvalue weighted by Gasteiger charge is -2.33. The number of nitrogens with two attached hydrogens (primary N) is 1. The fourth-order valence-electron chi connectivity index (χ4n) is 3.81. The van der Waals surface area contributed by atoms with Crippen molar-refractivity contribution in [3.05, 3.63) is 64.1 Å². The highest BCUT2D eigenvalue weighted by Gasteiger charge is 2.36. The molecule has 4 heterocycles. The van der Waals surface area contributed by atoms with Gasteiger partial charge in [-0.25, -0.2) is 14.1 Å². The van der Waals surface area contributed by atoms with Crippen molar-refractivity contribution in [1.82, 2.24) is 19.1 Å². The van der Waals surface area contributed by atoms with Crippen molar-refractivity contribution in [2.75, 3.05) is 12.8 Å². The van der Waals surface area contributed by atoms with Crippen LogP contribution < -0.4 is 5.73 Å². The van der Waals surface area contributed by atoms with Crippen LogP contribution in [0.15, 0.2) is 47.8 Å². The Bertz CT molecular complexity index is 1400. The van der Waals surface area contributed by atoms with E-state index in [0.717, 1.165) is 26.9 Å². The Labute approximate surface area is 204 Å². The molecule has 0 aliphatic carbocycles. The van der Waals surface area contributed by atoms with E-state index in [0.29, 0.717) is 33.7 Å². The number of benzene rings is 1. The van der Waals surface area contributed by atoms with Crippen molar-refractivity contribution in [1.29, 1.82) is 0 Å². The standard InChI is InChI=1S/C23H22ClFN6S2/c1-4-13-10-28-31(11-13)14-5-6-15(17(25)9-14)19-20-16(7-8-27-19)18(24)21(33-20)23(2)12-32-30(3)22(26)29-23/h5-11H,4,12H2,1-3H3,(H2,26,29)/t23-/m0/s1. The van der Waals surface area contributed by atoms with Gasteiger partial charge >= 0.3 is 0 Å². The van der Waals surface area contributed by atoms with Crippen LogP contribution in [-0.4, -0.2) is 37.8 Å². The second-order valence-electron chi connectivity index (χ2n) is 8.11. The van der Waals surface area contributed by atoms with Crippen molar-refractivity contribution >= 4 is 50.9 Å². The molecule has 0 fully saturated rings. The van der Waals surface area contributed by atoms with Crippen LogP contribution in [0.5, 0.6) is 0 Å². The van der Waals surface area contributed by atoms with E-state index in [4.69, 9.17) is 22.3 Å². The zero-order chi connectivity index (χ0) is 23.3. The molecule has 170 valence electrons. The van der Waals surface area contributed by atoms with Crippen LogP contribution in [0.2, 0.25) is 5.02 Å². The third kappa shape index (κ3) is 3.78. The SMILES string of the molecule is CCc1cnn(-c2ccc(-c3nccc4c(Cl)c([C@]5(C)CSN(C)C(N)=N5)sc34)c(F)c2)c1. The third-order valence-electron chi connectivity index (χ3n) is 5.77. The Kier molecular flexibility index (Phi) is 5.58. The van der Waals surface area contributed by atoms with Gasteiger partial charge in [0.2, 0.25) is 5.96 Å². The molecule has 0 radical (unpaired) electrons. The van der Waals surface area contributed by atoms with Crippen molar-refractivity contribution in [2.45, 2.75) is 25.8 Å². The number of nitrogens with zero attached hydrogens (tertiary/aromatic N) is 5. The van der Waals surface area contributed by atoms with Crippen LogP contribution in [0, 0.1) is 5.82 Å². The highest BCUT2D eigenvalue weighted by molar-refractivity contribution is 7.97. The zero-order valence-corrected chi connectivity index (χ0v) is 20.7. The Morgan fingerprint density at radius 1 is 1.30 bits per heavy atom. The van der Waals surface area contributed by atoms with Gasteiger partial charge in [-0.1, -0.05) is 18.5 Å².